The third kappa shape index (κ3) is 3.95. The summed E-state index contributed by atoms with van der Waals surface area (Å²) < 4.78 is 0. The van der Waals surface area contributed by atoms with E-state index < -0.39 is 0 Å². The number of fused-ring (bicyclic) bond motifs is 5. The predicted molar refractivity (Wildman–Crippen MR) is 178 cm³/mol. The van der Waals surface area contributed by atoms with E-state index >= 15 is 0 Å². The number of pyridine rings is 2. The molecule has 198 valence electrons. The monoisotopic (exact) mass is 536 g/mol. The van der Waals surface area contributed by atoms with Gasteiger partial charge in [0.1, 0.15) is 0 Å². The Kier molecular flexibility index (Phi) is 5.61. The van der Waals surface area contributed by atoms with Gasteiger partial charge in [-0.25, -0.2) is 4.98 Å². The summed E-state index contributed by atoms with van der Waals surface area (Å²) in [5.74, 6) is 0. The van der Waals surface area contributed by atoms with Crippen LogP contribution in [0.15, 0.2) is 134 Å². The zero-order valence-corrected chi connectivity index (χ0v) is 23.6. The Balaban J connectivity index is 1.17. The second-order valence-electron chi connectivity index (χ2n) is 11.1. The highest BCUT2D eigenvalue weighted by molar-refractivity contribution is 6.07. The highest BCUT2D eigenvalue weighted by Gasteiger charge is 2.12. The van der Waals surface area contributed by atoms with Crippen LogP contribution in [0.4, 0.5) is 0 Å². The molecule has 0 spiro atoms. The first-order chi connectivity index (χ1) is 20.6. The Morgan fingerprint density at radius 2 is 1.10 bits per heavy atom. The summed E-state index contributed by atoms with van der Waals surface area (Å²) in [4.78, 5) is 9.82. The summed E-state index contributed by atoms with van der Waals surface area (Å²) >= 11 is 0. The van der Waals surface area contributed by atoms with Crippen molar-refractivity contribution < 1.29 is 0 Å². The van der Waals surface area contributed by atoms with E-state index in [4.69, 9.17) is 9.97 Å². The molecule has 0 saturated heterocycles. The van der Waals surface area contributed by atoms with E-state index in [9.17, 15) is 0 Å². The number of benzene rings is 6. The van der Waals surface area contributed by atoms with Gasteiger partial charge in [-0.1, -0.05) is 103 Å². The average Bonchev–Trinajstić information content (AvgIpc) is 3.06. The Hall–Kier alpha value is -5.34. The summed E-state index contributed by atoms with van der Waals surface area (Å²) in [6, 6.07) is 45.9. The molecule has 2 heteroatoms. The van der Waals surface area contributed by atoms with Gasteiger partial charge in [-0.3, -0.25) is 4.98 Å². The Morgan fingerprint density at radius 1 is 0.429 bits per heavy atom. The van der Waals surface area contributed by atoms with E-state index in [1.54, 1.807) is 0 Å². The normalized spacial score (nSPS) is 11.6. The van der Waals surface area contributed by atoms with Gasteiger partial charge in [0.25, 0.3) is 0 Å². The van der Waals surface area contributed by atoms with Crippen molar-refractivity contribution in [2.45, 2.75) is 13.8 Å². The summed E-state index contributed by atoms with van der Waals surface area (Å²) in [6.07, 6.45) is 1.86. The molecule has 8 rings (SSSR count). The van der Waals surface area contributed by atoms with E-state index in [0.717, 1.165) is 27.7 Å². The average molecular weight is 537 g/mol. The van der Waals surface area contributed by atoms with Gasteiger partial charge in [-0.15, -0.1) is 0 Å². The van der Waals surface area contributed by atoms with Gasteiger partial charge in [0.05, 0.1) is 16.7 Å². The zero-order valence-electron chi connectivity index (χ0n) is 23.6. The van der Waals surface area contributed by atoms with Gasteiger partial charge in [0.2, 0.25) is 0 Å². The minimum absolute atomic E-state index is 0.961. The molecular formula is C40H28N2. The van der Waals surface area contributed by atoms with Crippen molar-refractivity contribution in [2.24, 2.45) is 0 Å². The molecular weight excluding hydrogens is 508 g/mol. The fraction of sp³-hybridized carbons (Fsp3) is 0.0500. The van der Waals surface area contributed by atoms with E-state index in [0.29, 0.717) is 0 Å². The maximum atomic E-state index is 5.12. The second-order valence-corrected chi connectivity index (χ2v) is 11.1. The van der Waals surface area contributed by atoms with Crippen LogP contribution >= 0.6 is 0 Å². The van der Waals surface area contributed by atoms with E-state index in [2.05, 4.69) is 135 Å². The smallest absolute Gasteiger partial charge is 0.0974 e. The first-order valence-electron chi connectivity index (χ1n) is 14.4. The van der Waals surface area contributed by atoms with Crippen molar-refractivity contribution in [3.05, 3.63) is 145 Å². The highest BCUT2D eigenvalue weighted by atomic mass is 14.8. The number of nitrogens with zero attached hydrogens (tertiary/aromatic N) is 2. The minimum Gasteiger partial charge on any atom is -0.254 e. The molecule has 0 saturated carbocycles. The van der Waals surface area contributed by atoms with Gasteiger partial charge in [-0.2, -0.15) is 0 Å². The lowest BCUT2D eigenvalue weighted by Crippen LogP contribution is -1.94. The molecule has 0 aliphatic rings. The number of rotatable bonds is 3. The third-order valence-electron chi connectivity index (χ3n) is 8.75. The largest absolute Gasteiger partial charge is 0.254 e. The van der Waals surface area contributed by atoms with Crippen molar-refractivity contribution in [1.82, 2.24) is 9.97 Å². The zero-order chi connectivity index (χ0) is 28.2. The highest BCUT2D eigenvalue weighted by Crippen LogP contribution is 2.34. The first kappa shape index (κ1) is 24.5. The quantitative estimate of drug-likeness (QED) is 0.210. The summed E-state index contributed by atoms with van der Waals surface area (Å²) in [6.45, 7) is 4.34. The molecule has 0 bridgehead atoms. The summed E-state index contributed by atoms with van der Waals surface area (Å²) in [7, 11) is 0. The number of hydrogen-bond donors (Lipinski definition) is 0. The number of aryl methyl sites for hydroxylation is 2. The Morgan fingerprint density at radius 3 is 1.95 bits per heavy atom. The molecule has 0 aliphatic heterocycles. The molecule has 0 amide bonds. The van der Waals surface area contributed by atoms with E-state index in [-0.39, 0.29) is 0 Å². The minimum atomic E-state index is 0.961. The van der Waals surface area contributed by atoms with Crippen LogP contribution in [0, 0.1) is 13.8 Å². The number of hydrogen-bond acceptors (Lipinski definition) is 2. The molecule has 0 aliphatic carbocycles. The van der Waals surface area contributed by atoms with Crippen LogP contribution in [0.25, 0.3) is 76.9 Å². The van der Waals surface area contributed by atoms with Crippen LogP contribution < -0.4 is 0 Å². The lowest BCUT2D eigenvalue weighted by Gasteiger charge is -2.12. The molecule has 0 unspecified atom stereocenters. The maximum Gasteiger partial charge on any atom is 0.0974 e. The van der Waals surface area contributed by atoms with Crippen LogP contribution in [0.5, 0.6) is 0 Å². The van der Waals surface area contributed by atoms with Crippen LogP contribution in [0.3, 0.4) is 0 Å². The maximum absolute atomic E-state index is 5.12. The molecule has 2 nitrogen and oxygen atoms in total. The SMILES string of the molecule is Cc1c(C)c2ccc(-c3ccc(-c4ccc5ccc(-c6cccc7ccccc67)cc5c4)cc3)nc2c2ncccc12. The molecule has 6 aromatic carbocycles. The molecule has 0 N–H and O–H groups in total. The van der Waals surface area contributed by atoms with Gasteiger partial charge in [0, 0.05) is 22.5 Å². The third-order valence-corrected chi connectivity index (χ3v) is 8.75. The van der Waals surface area contributed by atoms with Gasteiger partial charge < -0.3 is 0 Å². The molecule has 0 radical (unpaired) electrons. The van der Waals surface area contributed by atoms with Crippen LogP contribution in [-0.2, 0) is 0 Å². The second kappa shape index (κ2) is 9.64. The van der Waals surface area contributed by atoms with Crippen molar-refractivity contribution in [3.8, 4) is 33.5 Å². The van der Waals surface area contributed by atoms with Gasteiger partial charge in [0.15, 0.2) is 0 Å². The predicted octanol–water partition coefficient (Wildman–Crippen LogP) is 10.7. The molecule has 8 aromatic rings. The lowest BCUT2D eigenvalue weighted by atomic mass is 9.94. The van der Waals surface area contributed by atoms with Gasteiger partial charge >= 0.3 is 0 Å². The molecule has 0 fully saturated rings. The van der Waals surface area contributed by atoms with Crippen LogP contribution in [0.2, 0.25) is 0 Å². The number of aromatic nitrogens is 2. The van der Waals surface area contributed by atoms with Crippen molar-refractivity contribution in [2.75, 3.05) is 0 Å². The van der Waals surface area contributed by atoms with Crippen LogP contribution in [0.1, 0.15) is 11.1 Å². The fourth-order valence-electron chi connectivity index (χ4n) is 6.31. The van der Waals surface area contributed by atoms with Crippen molar-refractivity contribution >= 4 is 43.4 Å². The standard InChI is InChI=1S/C40H28N2/c1-25-26(2)35-20-21-38(42-40(35)39-34(25)11-6-22-41-39)30-16-12-27(13-17-30)31-18-14-28-15-19-32(24-33(28)23-31)37-10-5-8-29-7-3-4-9-36(29)37/h3-24H,1-2H3. The van der Waals surface area contributed by atoms with Crippen LogP contribution in [-0.4, -0.2) is 9.97 Å². The lowest BCUT2D eigenvalue weighted by molar-refractivity contribution is 1.33. The Bertz CT molecular complexity index is 2310. The van der Waals surface area contributed by atoms with Crippen molar-refractivity contribution in [1.29, 1.82) is 0 Å². The molecule has 0 atom stereocenters. The van der Waals surface area contributed by atoms with E-state index in [1.807, 2.05) is 12.3 Å². The molecule has 42 heavy (non-hydrogen) atoms. The first-order valence-corrected chi connectivity index (χ1v) is 14.4. The molecule has 2 aromatic heterocycles. The van der Waals surface area contributed by atoms with Crippen molar-refractivity contribution in [3.63, 3.8) is 0 Å². The molecule has 2 heterocycles. The fourth-order valence-corrected chi connectivity index (χ4v) is 6.31. The topological polar surface area (TPSA) is 25.8 Å². The van der Waals surface area contributed by atoms with E-state index in [1.165, 1.54) is 60.3 Å². The summed E-state index contributed by atoms with van der Waals surface area (Å²) in [5.41, 5.74) is 11.4. The van der Waals surface area contributed by atoms with Gasteiger partial charge in [-0.05, 0) is 93.0 Å². The Labute approximate surface area is 244 Å². The summed E-state index contributed by atoms with van der Waals surface area (Å²) in [5, 5.41) is 7.36.